The summed E-state index contributed by atoms with van der Waals surface area (Å²) in [6.45, 7) is 4.82. The monoisotopic (exact) mass is 411 g/mol. The fourth-order valence-corrected chi connectivity index (χ4v) is 3.80. The number of amides is 1. The third-order valence-electron chi connectivity index (χ3n) is 4.32. The first-order valence-electron chi connectivity index (χ1n) is 9.23. The molecule has 0 unspecified atom stereocenters. The Morgan fingerprint density at radius 1 is 1.21 bits per heavy atom. The van der Waals surface area contributed by atoms with Gasteiger partial charge in [-0.25, -0.2) is 0 Å². The van der Waals surface area contributed by atoms with Gasteiger partial charge in [0.15, 0.2) is 11.5 Å². The number of para-hydroxylation sites is 2. The molecule has 1 aliphatic rings. The Kier molecular flexibility index (Phi) is 5.66. The van der Waals surface area contributed by atoms with Gasteiger partial charge >= 0.3 is 0 Å². The van der Waals surface area contributed by atoms with Crippen molar-refractivity contribution < 1.29 is 14.3 Å². The van der Waals surface area contributed by atoms with Crippen molar-refractivity contribution in [2.24, 2.45) is 0 Å². The first-order valence-corrected chi connectivity index (χ1v) is 10.2. The van der Waals surface area contributed by atoms with Gasteiger partial charge in [0.2, 0.25) is 11.1 Å². The Bertz CT molecular complexity index is 1000. The SMILES string of the molecule is Cc1cc(C)cc(-n2nnnc2SCC(=O)NC[C@@H]2COc3ccccc3O2)c1. The van der Waals surface area contributed by atoms with Crippen molar-refractivity contribution in [3.63, 3.8) is 0 Å². The predicted octanol–water partition coefficient (Wildman–Crippen LogP) is 2.33. The van der Waals surface area contributed by atoms with Crippen molar-refractivity contribution >= 4 is 17.7 Å². The van der Waals surface area contributed by atoms with E-state index in [-0.39, 0.29) is 17.8 Å². The molecule has 29 heavy (non-hydrogen) atoms. The minimum absolute atomic E-state index is 0.118. The number of benzene rings is 2. The summed E-state index contributed by atoms with van der Waals surface area (Å²) in [5.74, 6) is 1.51. The summed E-state index contributed by atoms with van der Waals surface area (Å²) in [4.78, 5) is 12.3. The minimum atomic E-state index is -0.223. The second-order valence-corrected chi connectivity index (χ2v) is 7.75. The van der Waals surface area contributed by atoms with E-state index in [9.17, 15) is 4.79 Å². The van der Waals surface area contributed by atoms with Crippen molar-refractivity contribution in [2.75, 3.05) is 18.9 Å². The Hall–Kier alpha value is -3.07. The molecule has 1 N–H and O–H groups in total. The van der Waals surface area contributed by atoms with E-state index in [0.29, 0.717) is 24.1 Å². The van der Waals surface area contributed by atoms with Crippen LogP contribution in [0.25, 0.3) is 5.69 Å². The van der Waals surface area contributed by atoms with Crippen molar-refractivity contribution in [2.45, 2.75) is 25.1 Å². The number of ether oxygens (including phenoxy) is 2. The molecule has 0 saturated heterocycles. The lowest BCUT2D eigenvalue weighted by atomic mass is 10.1. The van der Waals surface area contributed by atoms with E-state index in [1.54, 1.807) is 4.68 Å². The molecular weight excluding hydrogens is 390 g/mol. The van der Waals surface area contributed by atoms with Crippen LogP contribution >= 0.6 is 11.8 Å². The molecule has 1 amide bonds. The topological polar surface area (TPSA) is 91.2 Å². The number of thioether (sulfide) groups is 1. The highest BCUT2D eigenvalue weighted by molar-refractivity contribution is 7.99. The van der Waals surface area contributed by atoms with Crippen molar-refractivity contribution in [1.82, 2.24) is 25.5 Å². The van der Waals surface area contributed by atoms with Gasteiger partial charge in [-0.2, -0.15) is 4.68 Å². The summed E-state index contributed by atoms with van der Waals surface area (Å²) >= 11 is 1.29. The molecule has 0 bridgehead atoms. The second-order valence-electron chi connectivity index (χ2n) is 6.81. The summed E-state index contributed by atoms with van der Waals surface area (Å²) in [5, 5.41) is 15.3. The van der Waals surface area contributed by atoms with Gasteiger partial charge in [0.25, 0.3) is 0 Å². The van der Waals surface area contributed by atoms with Gasteiger partial charge in [-0.3, -0.25) is 4.79 Å². The van der Waals surface area contributed by atoms with E-state index < -0.39 is 0 Å². The number of nitrogens with one attached hydrogen (secondary N) is 1. The minimum Gasteiger partial charge on any atom is -0.486 e. The smallest absolute Gasteiger partial charge is 0.230 e. The second kappa shape index (κ2) is 8.52. The van der Waals surface area contributed by atoms with Gasteiger partial charge in [0.05, 0.1) is 18.0 Å². The fourth-order valence-electron chi connectivity index (χ4n) is 3.08. The molecule has 0 spiro atoms. The molecule has 1 aromatic heterocycles. The molecular formula is C20H21N5O3S. The number of aromatic nitrogens is 4. The van der Waals surface area contributed by atoms with Gasteiger partial charge in [0.1, 0.15) is 12.7 Å². The van der Waals surface area contributed by atoms with Crippen molar-refractivity contribution in [3.05, 3.63) is 53.6 Å². The van der Waals surface area contributed by atoms with E-state index in [0.717, 1.165) is 22.6 Å². The molecule has 0 aliphatic carbocycles. The van der Waals surface area contributed by atoms with E-state index in [1.165, 1.54) is 11.8 Å². The van der Waals surface area contributed by atoms with Gasteiger partial charge in [0, 0.05) is 0 Å². The van der Waals surface area contributed by atoms with Gasteiger partial charge < -0.3 is 14.8 Å². The summed E-state index contributed by atoms with van der Waals surface area (Å²) in [5.41, 5.74) is 3.13. The number of carbonyl (C=O) groups is 1. The van der Waals surface area contributed by atoms with Crippen molar-refractivity contribution in [3.8, 4) is 17.2 Å². The number of hydrogen-bond acceptors (Lipinski definition) is 7. The highest BCUT2D eigenvalue weighted by atomic mass is 32.2. The van der Waals surface area contributed by atoms with E-state index >= 15 is 0 Å². The molecule has 0 saturated carbocycles. The lowest BCUT2D eigenvalue weighted by molar-refractivity contribution is -0.119. The Balaban J connectivity index is 1.30. The largest absolute Gasteiger partial charge is 0.486 e. The van der Waals surface area contributed by atoms with Crippen LogP contribution in [-0.4, -0.2) is 51.1 Å². The molecule has 2 aromatic carbocycles. The molecule has 2 heterocycles. The molecule has 1 aliphatic heterocycles. The average molecular weight is 411 g/mol. The normalized spacial score (nSPS) is 15.2. The predicted molar refractivity (Wildman–Crippen MR) is 109 cm³/mol. The Labute approximate surface area is 172 Å². The third-order valence-corrected chi connectivity index (χ3v) is 5.24. The number of fused-ring (bicyclic) bond motifs is 1. The highest BCUT2D eigenvalue weighted by Crippen LogP contribution is 2.30. The number of hydrogen-bond donors (Lipinski definition) is 1. The van der Waals surface area contributed by atoms with Crippen LogP contribution in [-0.2, 0) is 4.79 Å². The highest BCUT2D eigenvalue weighted by Gasteiger charge is 2.21. The molecule has 8 nitrogen and oxygen atoms in total. The molecule has 0 fully saturated rings. The van der Waals surface area contributed by atoms with Crippen LogP contribution in [0.1, 0.15) is 11.1 Å². The summed E-state index contributed by atoms with van der Waals surface area (Å²) in [6.07, 6.45) is -0.223. The Morgan fingerprint density at radius 2 is 1.97 bits per heavy atom. The maximum Gasteiger partial charge on any atom is 0.230 e. The maximum atomic E-state index is 12.3. The van der Waals surface area contributed by atoms with Crippen LogP contribution in [0.4, 0.5) is 0 Å². The molecule has 9 heteroatoms. The first kappa shape index (κ1) is 19.3. The molecule has 150 valence electrons. The number of nitrogens with zero attached hydrogens (tertiary/aromatic N) is 4. The molecule has 4 rings (SSSR count). The van der Waals surface area contributed by atoms with Crippen LogP contribution in [0.5, 0.6) is 11.5 Å². The van der Waals surface area contributed by atoms with Crippen LogP contribution < -0.4 is 14.8 Å². The van der Waals surface area contributed by atoms with E-state index in [4.69, 9.17) is 9.47 Å². The first-order chi connectivity index (χ1) is 14.1. The number of aryl methyl sites for hydroxylation is 2. The van der Waals surface area contributed by atoms with Crippen LogP contribution in [0.15, 0.2) is 47.6 Å². The average Bonchev–Trinajstić information content (AvgIpc) is 3.18. The number of carbonyl (C=O) groups excluding carboxylic acids is 1. The van der Waals surface area contributed by atoms with Gasteiger partial charge in [-0.15, -0.1) is 5.10 Å². The van der Waals surface area contributed by atoms with Crippen LogP contribution in [0.3, 0.4) is 0 Å². The summed E-state index contributed by atoms with van der Waals surface area (Å²) < 4.78 is 13.2. The zero-order valence-electron chi connectivity index (χ0n) is 16.2. The molecule has 1 atom stereocenters. The molecule has 3 aromatic rings. The van der Waals surface area contributed by atoms with Gasteiger partial charge in [-0.1, -0.05) is 30.0 Å². The fraction of sp³-hybridized carbons (Fsp3) is 0.300. The van der Waals surface area contributed by atoms with E-state index in [2.05, 4.69) is 26.9 Å². The number of tetrazole rings is 1. The summed E-state index contributed by atoms with van der Waals surface area (Å²) in [7, 11) is 0. The molecule has 0 radical (unpaired) electrons. The third kappa shape index (κ3) is 4.68. The Morgan fingerprint density at radius 3 is 2.76 bits per heavy atom. The van der Waals surface area contributed by atoms with Crippen LogP contribution in [0.2, 0.25) is 0 Å². The standard InChI is InChI=1S/C20H21N5O3S/c1-13-7-14(2)9-15(8-13)25-20(22-23-24-25)29-12-19(26)21-10-16-11-27-17-5-3-4-6-18(17)28-16/h3-9,16H,10-12H2,1-2H3,(H,21,26)/t16-/m1/s1. The van der Waals surface area contributed by atoms with Gasteiger partial charge in [-0.05, 0) is 59.7 Å². The summed E-state index contributed by atoms with van der Waals surface area (Å²) in [6, 6.07) is 13.6. The quantitative estimate of drug-likeness (QED) is 0.623. The lowest BCUT2D eigenvalue weighted by Crippen LogP contribution is -2.41. The van der Waals surface area contributed by atoms with Crippen molar-refractivity contribution in [1.29, 1.82) is 0 Å². The lowest BCUT2D eigenvalue weighted by Gasteiger charge is -2.26. The van der Waals surface area contributed by atoms with Crippen LogP contribution in [0, 0.1) is 13.8 Å². The zero-order valence-corrected chi connectivity index (χ0v) is 17.0. The van der Waals surface area contributed by atoms with E-state index in [1.807, 2.05) is 50.2 Å². The maximum absolute atomic E-state index is 12.3. The zero-order chi connectivity index (χ0) is 20.2. The number of rotatable bonds is 6.